The zero-order chi connectivity index (χ0) is 6.57. The van der Waals surface area contributed by atoms with Crippen molar-refractivity contribution in [2.75, 3.05) is 6.23 Å². The van der Waals surface area contributed by atoms with Crippen molar-refractivity contribution in [1.29, 1.82) is 0 Å². The maximum absolute atomic E-state index is 5.50. The van der Waals surface area contributed by atoms with Crippen LogP contribution in [0.3, 0.4) is 0 Å². The van der Waals surface area contributed by atoms with E-state index in [0.717, 1.165) is 6.23 Å². The summed E-state index contributed by atoms with van der Waals surface area (Å²) in [4.78, 5) is 0. The molecule has 1 nitrogen and oxygen atoms in total. The van der Waals surface area contributed by atoms with Crippen LogP contribution in [-0.4, -0.2) is 24.1 Å². The topological polar surface area (TPSA) is 9.23 Å². The lowest BCUT2D eigenvalue weighted by Gasteiger charge is -2.06. The Morgan fingerprint density at radius 2 is 1.56 bits per heavy atom. The van der Waals surface area contributed by atoms with Gasteiger partial charge in [0.2, 0.25) is 0 Å². The van der Waals surface area contributed by atoms with Crippen molar-refractivity contribution in [2.24, 2.45) is 0 Å². The smallest absolute Gasteiger partial charge is 0.170 e. The summed E-state index contributed by atoms with van der Waals surface area (Å²) in [5, 5.41) is 0. The van der Waals surface area contributed by atoms with Crippen LogP contribution in [0.5, 0.6) is 0 Å². The number of rotatable bonds is 3. The van der Waals surface area contributed by atoms with Gasteiger partial charge < -0.3 is 4.43 Å². The van der Waals surface area contributed by atoms with Gasteiger partial charge in [-0.25, -0.2) is 0 Å². The largest absolute Gasteiger partial charge is 0.424 e. The molecule has 9 heavy (non-hydrogen) atoms. The Labute approximate surface area is 62.8 Å². The lowest BCUT2D eigenvalue weighted by Crippen LogP contribution is -2.18. The molecular formula is C6H20OSi2. The maximum atomic E-state index is 5.50. The summed E-state index contributed by atoms with van der Waals surface area (Å²) in [5.41, 5.74) is 0. The minimum atomic E-state index is -0.692. The van der Waals surface area contributed by atoms with Crippen LogP contribution < -0.4 is 0 Å². The molecular weight excluding hydrogens is 144 g/mol. The van der Waals surface area contributed by atoms with E-state index in [-0.39, 0.29) is 7.43 Å². The molecule has 0 heterocycles. The summed E-state index contributed by atoms with van der Waals surface area (Å²) in [6, 6.07) is 0. The van der Waals surface area contributed by atoms with Crippen LogP contribution in [-0.2, 0) is 4.43 Å². The number of hydrogen-bond donors (Lipinski definition) is 0. The van der Waals surface area contributed by atoms with Crippen LogP contribution in [0, 0.1) is 0 Å². The van der Waals surface area contributed by atoms with E-state index < -0.39 is 17.8 Å². The maximum Gasteiger partial charge on any atom is 0.170 e. The third-order valence-corrected chi connectivity index (χ3v) is 2.87. The third-order valence-electron chi connectivity index (χ3n) is 0.763. The van der Waals surface area contributed by atoms with Gasteiger partial charge in [-0.05, 0) is 13.1 Å². The predicted molar refractivity (Wildman–Crippen MR) is 50.4 cm³/mol. The number of hydrogen-bond acceptors (Lipinski definition) is 1. The molecule has 0 aromatic rings. The van der Waals surface area contributed by atoms with E-state index in [1.54, 1.807) is 0 Å². The zero-order valence-electron chi connectivity index (χ0n) is 6.27. The quantitative estimate of drug-likeness (QED) is 0.576. The van der Waals surface area contributed by atoms with E-state index >= 15 is 0 Å². The average molecular weight is 164 g/mol. The van der Waals surface area contributed by atoms with Crippen LogP contribution in [0.1, 0.15) is 7.43 Å². The van der Waals surface area contributed by atoms with E-state index in [1.165, 1.54) is 0 Å². The van der Waals surface area contributed by atoms with Crippen LogP contribution in [0.25, 0.3) is 0 Å². The Bertz CT molecular complexity index is 47.0. The highest BCUT2D eigenvalue weighted by molar-refractivity contribution is 6.57. The van der Waals surface area contributed by atoms with E-state index in [2.05, 4.69) is 26.2 Å². The molecule has 0 bridgehead atoms. The highest BCUT2D eigenvalue weighted by atomic mass is 28.3. The molecule has 0 rings (SSSR count). The average Bonchev–Trinajstić information content (AvgIpc) is 1.61. The van der Waals surface area contributed by atoms with Crippen molar-refractivity contribution in [3.63, 3.8) is 0 Å². The summed E-state index contributed by atoms with van der Waals surface area (Å²) in [6.45, 7) is 9.07. The molecule has 0 unspecified atom stereocenters. The lowest BCUT2D eigenvalue weighted by molar-refractivity contribution is 0.395. The lowest BCUT2D eigenvalue weighted by atomic mass is 11.7. The summed E-state index contributed by atoms with van der Waals surface area (Å²) < 4.78 is 5.50. The fourth-order valence-corrected chi connectivity index (χ4v) is 3.46. The van der Waals surface area contributed by atoms with E-state index in [9.17, 15) is 0 Å². The third kappa shape index (κ3) is 11.8. The SMILES string of the molecule is C.C[SiH](C)CO[SiH](C)C. The fourth-order valence-electron chi connectivity index (χ4n) is 0.385. The minimum Gasteiger partial charge on any atom is -0.424 e. The molecule has 0 fully saturated rings. The van der Waals surface area contributed by atoms with Gasteiger partial charge in [-0.3, -0.25) is 0 Å². The van der Waals surface area contributed by atoms with Crippen molar-refractivity contribution >= 4 is 17.8 Å². The molecule has 0 saturated heterocycles. The molecule has 0 aromatic carbocycles. The molecule has 0 amide bonds. The second-order valence-electron chi connectivity index (χ2n) is 2.78. The van der Waals surface area contributed by atoms with E-state index in [1.807, 2.05) is 0 Å². The first-order valence-electron chi connectivity index (χ1n) is 3.24. The Morgan fingerprint density at radius 3 is 1.67 bits per heavy atom. The van der Waals surface area contributed by atoms with Crippen molar-refractivity contribution in [2.45, 2.75) is 33.6 Å². The van der Waals surface area contributed by atoms with Gasteiger partial charge in [0.05, 0.1) is 8.80 Å². The molecule has 3 heteroatoms. The zero-order valence-corrected chi connectivity index (χ0v) is 8.58. The van der Waals surface area contributed by atoms with Gasteiger partial charge in [0.15, 0.2) is 9.04 Å². The van der Waals surface area contributed by atoms with Crippen molar-refractivity contribution in [1.82, 2.24) is 0 Å². The predicted octanol–water partition coefficient (Wildman–Crippen LogP) is 1.65. The molecule has 0 saturated carbocycles. The van der Waals surface area contributed by atoms with Gasteiger partial charge in [-0.15, -0.1) is 0 Å². The van der Waals surface area contributed by atoms with Crippen LogP contribution in [0.4, 0.5) is 0 Å². The Morgan fingerprint density at radius 1 is 1.11 bits per heavy atom. The molecule has 58 valence electrons. The molecule has 0 aromatic heterocycles. The molecule has 0 radical (unpaired) electrons. The monoisotopic (exact) mass is 164 g/mol. The van der Waals surface area contributed by atoms with Gasteiger partial charge in [-0.2, -0.15) is 0 Å². The minimum absolute atomic E-state index is 0. The normalized spacial score (nSPS) is 10.0. The van der Waals surface area contributed by atoms with Crippen molar-refractivity contribution in [3.8, 4) is 0 Å². The second-order valence-corrected chi connectivity index (χ2v) is 8.33. The van der Waals surface area contributed by atoms with Crippen molar-refractivity contribution in [3.05, 3.63) is 0 Å². The summed E-state index contributed by atoms with van der Waals surface area (Å²) in [7, 11) is -1.11. The highest BCUT2D eigenvalue weighted by Gasteiger charge is 1.97. The van der Waals surface area contributed by atoms with Crippen LogP contribution in [0.15, 0.2) is 0 Å². The Hall–Kier alpha value is 0.394. The van der Waals surface area contributed by atoms with Crippen LogP contribution in [0.2, 0.25) is 26.2 Å². The molecule has 0 aliphatic rings. The second kappa shape index (κ2) is 6.51. The van der Waals surface area contributed by atoms with Crippen LogP contribution >= 0.6 is 0 Å². The van der Waals surface area contributed by atoms with Gasteiger partial charge >= 0.3 is 0 Å². The molecule has 0 atom stereocenters. The fraction of sp³-hybridized carbons (Fsp3) is 1.00. The van der Waals surface area contributed by atoms with Gasteiger partial charge in [-0.1, -0.05) is 20.5 Å². The molecule has 0 aliphatic carbocycles. The van der Waals surface area contributed by atoms with Gasteiger partial charge in [0.25, 0.3) is 0 Å². The molecule has 0 spiro atoms. The Kier molecular flexibility index (Phi) is 8.76. The van der Waals surface area contributed by atoms with Gasteiger partial charge in [0, 0.05) is 6.23 Å². The molecule has 0 N–H and O–H groups in total. The van der Waals surface area contributed by atoms with Gasteiger partial charge in [0.1, 0.15) is 0 Å². The molecule has 0 aliphatic heterocycles. The first kappa shape index (κ1) is 12.1. The highest BCUT2D eigenvalue weighted by Crippen LogP contribution is 1.86. The van der Waals surface area contributed by atoms with E-state index in [0.29, 0.717) is 0 Å². The first-order valence-corrected chi connectivity index (χ1v) is 9.15. The Balaban J connectivity index is 0. The summed E-state index contributed by atoms with van der Waals surface area (Å²) in [6.07, 6.45) is 1.09. The summed E-state index contributed by atoms with van der Waals surface area (Å²) in [5.74, 6) is 0. The first-order chi connectivity index (χ1) is 3.63. The van der Waals surface area contributed by atoms with Crippen molar-refractivity contribution < 1.29 is 4.43 Å². The standard InChI is InChI=1S/C5H16OSi2.CH4/c1-7(2)5-6-8(3)4;/h7-8H,5H2,1-4H3;1H4. The summed E-state index contributed by atoms with van der Waals surface area (Å²) >= 11 is 0. The van der Waals surface area contributed by atoms with E-state index in [4.69, 9.17) is 4.43 Å².